The SMILES string of the molecule is COc1ccc2oc(-c3nc4cc(C#N)ccn4c3NCCOO)cc2c1. The number of benzene rings is 1. The molecule has 0 aliphatic heterocycles. The van der Waals surface area contributed by atoms with E-state index >= 15 is 0 Å². The molecule has 0 saturated carbocycles. The van der Waals surface area contributed by atoms with Gasteiger partial charge in [-0.2, -0.15) is 5.26 Å². The molecular formula is C19H16N4O4. The van der Waals surface area contributed by atoms with Gasteiger partial charge in [0.2, 0.25) is 0 Å². The van der Waals surface area contributed by atoms with Crippen LogP contribution in [0.3, 0.4) is 0 Å². The number of rotatable bonds is 6. The van der Waals surface area contributed by atoms with E-state index in [1.165, 1.54) is 0 Å². The number of methoxy groups -OCH3 is 1. The predicted octanol–water partition coefficient (Wildman–Crippen LogP) is 3.53. The molecule has 3 heterocycles. The Balaban J connectivity index is 1.86. The molecule has 0 spiro atoms. The third-order valence-corrected chi connectivity index (χ3v) is 4.20. The molecule has 0 amide bonds. The summed E-state index contributed by atoms with van der Waals surface area (Å²) in [6.07, 6.45) is 1.76. The molecular weight excluding hydrogens is 348 g/mol. The molecule has 0 fully saturated rings. The van der Waals surface area contributed by atoms with E-state index in [2.05, 4.69) is 21.3 Å². The minimum absolute atomic E-state index is 0.111. The van der Waals surface area contributed by atoms with Crippen LogP contribution in [-0.4, -0.2) is 34.9 Å². The van der Waals surface area contributed by atoms with Crippen molar-refractivity contribution in [2.75, 3.05) is 25.6 Å². The van der Waals surface area contributed by atoms with E-state index in [0.29, 0.717) is 40.6 Å². The second-order valence-corrected chi connectivity index (χ2v) is 5.84. The van der Waals surface area contributed by atoms with Gasteiger partial charge in [0, 0.05) is 18.1 Å². The molecule has 0 saturated heterocycles. The highest BCUT2D eigenvalue weighted by atomic mass is 17.1. The van der Waals surface area contributed by atoms with E-state index in [4.69, 9.17) is 19.7 Å². The van der Waals surface area contributed by atoms with Crippen molar-refractivity contribution in [1.29, 1.82) is 5.26 Å². The topological polar surface area (TPSA) is 105 Å². The van der Waals surface area contributed by atoms with E-state index in [1.807, 2.05) is 28.7 Å². The van der Waals surface area contributed by atoms with Crippen molar-refractivity contribution < 1.29 is 19.3 Å². The number of fused-ring (bicyclic) bond motifs is 2. The summed E-state index contributed by atoms with van der Waals surface area (Å²) in [5.41, 5.74) is 2.43. The van der Waals surface area contributed by atoms with Gasteiger partial charge in [0.05, 0.1) is 25.3 Å². The van der Waals surface area contributed by atoms with Crippen LogP contribution in [0.2, 0.25) is 0 Å². The van der Waals surface area contributed by atoms with E-state index in [0.717, 1.165) is 11.1 Å². The van der Waals surface area contributed by atoms with Gasteiger partial charge in [0.1, 0.15) is 28.5 Å². The Morgan fingerprint density at radius 3 is 2.96 bits per heavy atom. The summed E-state index contributed by atoms with van der Waals surface area (Å²) in [7, 11) is 1.61. The van der Waals surface area contributed by atoms with E-state index in [1.54, 1.807) is 25.4 Å². The Bertz CT molecular complexity index is 1160. The minimum atomic E-state index is 0.111. The molecule has 3 aromatic heterocycles. The summed E-state index contributed by atoms with van der Waals surface area (Å²) in [5, 5.41) is 21.8. The number of ether oxygens (including phenoxy) is 1. The number of hydrogen-bond donors (Lipinski definition) is 2. The maximum Gasteiger partial charge on any atom is 0.157 e. The normalized spacial score (nSPS) is 11.0. The number of pyridine rings is 1. The second kappa shape index (κ2) is 6.99. The molecule has 1 aromatic carbocycles. The Morgan fingerprint density at radius 2 is 2.19 bits per heavy atom. The highest BCUT2D eigenvalue weighted by Crippen LogP contribution is 2.34. The number of furan rings is 1. The quantitative estimate of drug-likeness (QED) is 0.306. The lowest BCUT2D eigenvalue weighted by molar-refractivity contribution is -0.238. The average molecular weight is 364 g/mol. The molecule has 4 aromatic rings. The standard InChI is InChI=1S/C19H16N4O4/c1-25-14-2-3-15-13(9-14)10-16(27-15)18-19(21-5-7-26-24)23-6-4-12(11-20)8-17(23)22-18/h2-4,6,8-10,21,24H,5,7H2,1H3. The molecule has 4 rings (SSSR count). The first-order valence-corrected chi connectivity index (χ1v) is 8.24. The zero-order valence-corrected chi connectivity index (χ0v) is 14.5. The Hall–Kier alpha value is -3.54. The van der Waals surface area contributed by atoms with Crippen molar-refractivity contribution in [2.24, 2.45) is 0 Å². The highest BCUT2D eigenvalue weighted by Gasteiger charge is 2.18. The summed E-state index contributed by atoms with van der Waals surface area (Å²) in [4.78, 5) is 8.76. The maximum atomic E-state index is 9.13. The lowest BCUT2D eigenvalue weighted by Gasteiger charge is -2.06. The van der Waals surface area contributed by atoms with Crippen LogP contribution in [0, 0.1) is 11.3 Å². The molecule has 0 bridgehead atoms. The average Bonchev–Trinajstić information content (AvgIpc) is 3.28. The molecule has 0 radical (unpaired) electrons. The molecule has 0 aliphatic rings. The fourth-order valence-corrected chi connectivity index (χ4v) is 2.94. The van der Waals surface area contributed by atoms with Crippen molar-refractivity contribution in [3.8, 4) is 23.3 Å². The summed E-state index contributed by atoms with van der Waals surface area (Å²) in [6, 6.07) is 13.0. The van der Waals surface area contributed by atoms with Crippen molar-refractivity contribution >= 4 is 22.4 Å². The third-order valence-electron chi connectivity index (χ3n) is 4.20. The van der Waals surface area contributed by atoms with Crippen molar-refractivity contribution in [2.45, 2.75) is 0 Å². The molecule has 136 valence electrons. The van der Waals surface area contributed by atoms with E-state index < -0.39 is 0 Å². The lowest BCUT2D eigenvalue weighted by atomic mass is 10.2. The number of nitrogens with zero attached hydrogens (tertiary/aromatic N) is 3. The summed E-state index contributed by atoms with van der Waals surface area (Å²) in [5.74, 6) is 1.99. The third kappa shape index (κ3) is 3.06. The van der Waals surface area contributed by atoms with Crippen LogP contribution in [0.5, 0.6) is 5.75 Å². The van der Waals surface area contributed by atoms with E-state index in [9.17, 15) is 0 Å². The number of imidazole rings is 1. The fourth-order valence-electron chi connectivity index (χ4n) is 2.94. The Labute approximate surface area is 154 Å². The van der Waals surface area contributed by atoms with Crippen LogP contribution >= 0.6 is 0 Å². The fraction of sp³-hybridized carbons (Fsp3) is 0.158. The Kier molecular flexibility index (Phi) is 4.38. The van der Waals surface area contributed by atoms with Gasteiger partial charge in [-0.05, 0) is 36.4 Å². The van der Waals surface area contributed by atoms with Crippen molar-refractivity contribution in [3.05, 3.63) is 48.2 Å². The van der Waals surface area contributed by atoms with Crippen LogP contribution in [0.15, 0.2) is 47.0 Å². The van der Waals surface area contributed by atoms with Gasteiger partial charge < -0.3 is 14.5 Å². The molecule has 0 unspecified atom stereocenters. The van der Waals surface area contributed by atoms with Gasteiger partial charge in [-0.15, -0.1) is 0 Å². The highest BCUT2D eigenvalue weighted by molar-refractivity contribution is 5.86. The maximum absolute atomic E-state index is 9.13. The van der Waals surface area contributed by atoms with Gasteiger partial charge in [-0.3, -0.25) is 9.66 Å². The predicted molar refractivity (Wildman–Crippen MR) is 98.7 cm³/mol. The molecule has 8 nitrogen and oxygen atoms in total. The van der Waals surface area contributed by atoms with Gasteiger partial charge >= 0.3 is 0 Å². The molecule has 27 heavy (non-hydrogen) atoms. The van der Waals surface area contributed by atoms with Crippen LogP contribution in [0.4, 0.5) is 5.82 Å². The van der Waals surface area contributed by atoms with Crippen LogP contribution < -0.4 is 10.1 Å². The van der Waals surface area contributed by atoms with Gasteiger partial charge in [-0.25, -0.2) is 9.87 Å². The number of nitriles is 1. The van der Waals surface area contributed by atoms with Gasteiger partial charge in [0.25, 0.3) is 0 Å². The van der Waals surface area contributed by atoms with Crippen molar-refractivity contribution in [1.82, 2.24) is 9.38 Å². The monoisotopic (exact) mass is 364 g/mol. The first kappa shape index (κ1) is 16.9. The molecule has 0 aliphatic carbocycles. The van der Waals surface area contributed by atoms with Crippen LogP contribution in [0.25, 0.3) is 28.1 Å². The van der Waals surface area contributed by atoms with E-state index in [-0.39, 0.29) is 6.61 Å². The molecule has 0 atom stereocenters. The zero-order valence-electron chi connectivity index (χ0n) is 14.5. The lowest BCUT2D eigenvalue weighted by Crippen LogP contribution is -2.10. The second-order valence-electron chi connectivity index (χ2n) is 5.84. The Morgan fingerprint density at radius 1 is 1.30 bits per heavy atom. The summed E-state index contributed by atoms with van der Waals surface area (Å²) < 4.78 is 13.0. The number of hydrogen-bond acceptors (Lipinski definition) is 7. The van der Waals surface area contributed by atoms with Gasteiger partial charge in [0.15, 0.2) is 5.76 Å². The van der Waals surface area contributed by atoms with Crippen LogP contribution in [-0.2, 0) is 4.89 Å². The van der Waals surface area contributed by atoms with Crippen molar-refractivity contribution in [3.63, 3.8) is 0 Å². The molecule has 2 N–H and O–H groups in total. The van der Waals surface area contributed by atoms with Crippen LogP contribution in [0.1, 0.15) is 5.56 Å². The first-order chi connectivity index (χ1) is 13.2. The van der Waals surface area contributed by atoms with Gasteiger partial charge in [-0.1, -0.05) is 0 Å². The first-order valence-electron chi connectivity index (χ1n) is 8.24. The number of nitrogens with one attached hydrogen (secondary N) is 1. The summed E-state index contributed by atoms with van der Waals surface area (Å²) >= 11 is 0. The number of aromatic nitrogens is 2. The molecule has 8 heteroatoms. The summed E-state index contributed by atoms with van der Waals surface area (Å²) in [6.45, 7) is 0.478. The largest absolute Gasteiger partial charge is 0.497 e. The zero-order chi connectivity index (χ0) is 18.8. The number of anilines is 1. The smallest absolute Gasteiger partial charge is 0.157 e. The minimum Gasteiger partial charge on any atom is -0.497 e.